The number of hydrogen-bond donors (Lipinski definition) is 0. The highest BCUT2D eigenvalue weighted by atomic mass is 16.1. The number of ketones is 1. The van der Waals surface area contributed by atoms with E-state index in [1.165, 1.54) is 6.33 Å². The van der Waals surface area contributed by atoms with Gasteiger partial charge >= 0.3 is 0 Å². The first kappa shape index (κ1) is 12.5. The largest absolute Gasteiger partial charge is 0.332 e. The van der Waals surface area contributed by atoms with Gasteiger partial charge in [0.1, 0.15) is 12.2 Å². The lowest BCUT2D eigenvalue weighted by Crippen LogP contribution is -2.16. The SMILES string of the molecule is CC(C)Cn1ncnc1CC(=O)c1nccn1C. The Hall–Kier alpha value is -1.98. The van der Waals surface area contributed by atoms with Crippen LogP contribution in [-0.2, 0) is 20.0 Å². The summed E-state index contributed by atoms with van der Waals surface area (Å²) in [5.41, 5.74) is 0. The first-order valence-electron chi connectivity index (χ1n) is 5.95. The number of rotatable bonds is 5. The van der Waals surface area contributed by atoms with Gasteiger partial charge in [-0.05, 0) is 5.92 Å². The summed E-state index contributed by atoms with van der Waals surface area (Å²) in [5.74, 6) is 1.57. The third-order valence-electron chi connectivity index (χ3n) is 2.62. The van der Waals surface area contributed by atoms with Crippen molar-refractivity contribution in [3.05, 3.63) is 30.4 Å². The van der Waals surface area contributed by atoms with E-state index in [-0.39, 0.29) is 12.2 Å². The number of aromatic nitrogens is 5. The van der Waals surface area contributed by atoms with Gasteiger partial charge in [-0.1, -0.05) is 13.8 Å². The summed E-state index contributed by atoms with van der Waals surface area (Å²) in [6, 6.07) is 0. The van der Waals surface area contributed by atoms with Crippen molar-refractivity contribution in [3.63, 3.8) is 0 Å². The minimum atomic E-state index is -0.0412. The zero-order valence-corrected chi connectivity index (χ0v) is 10.9. The lowest BCUT2D eigenvalue weighted by Gasteiger charge is -2.07. The quantitative estimate of drug-likeness (QED) is 0.742. The number of imidazole rings is 1. The number of carbonyl (C=O) groups is 1. The lowest BCUT2D eigenvalue weighted by molar-refractivity contribution is 0.0976. The average molecular weight is 247 g/mol. The smallest absolute Gasteiger partial charge is 0.205 e. The Bertz CT molecular complexity index is 540. The molecule has 0 aliphatic rings. The van der Waals surface area contributed by atoms with Crippen LogP contribution in [0.2, 0.25) is 0 Å². The Morgan fingerprint density at radius 3 is 2.78 bits per heavy atom. The van der Waals surface area contributed by atoms with Crippen molar-refractivity contribution in [3.8, 4) is 0 Å². The number of hydrogen-bond acceptors (Lipinski definition) is 4. The molecule has 0 fully saturated rings. The predicted molar refractivity (Wildman–Crippen MR) is 66.1 cm³/mol. The van der Waals surface area contributed by atoms with Crippen LogP contribution in [0, 0.1) is 5.92 Å². The van der Waals surface area contributed by atoms with Gasteiger partial charge in [-0.2, -0.15) is 5.10 Å². The van der Waals surface area contributed by atoms with Gasteiger partial charge in [0.05, 0.1) is 6.42 Å². The normalized spacial score (nSPS) is 11.1. The van der Waals surface area contributed by atoms with Crippen LogP contribution < -0.4 is 0 Å². The van der Waals surface area contributed by atoms with Gasteiger partial charge in [0.2, 0.25) is 5.78 Å². The molecule has 0 bridgehead atoms. The van der Waals surface area contributed by atoms with E-state index in [9.17, 15) is 4.79 Å². The van der Waals surface area contributed by atoms with Gasteiger partial charge in [0.25, 0.3) is 0 Å². The Balaban J connectivity index is 2.13. The van der Waals surface area contributed by atoms with Gasteiger partial charge < -0.3 is 4.57 Å². The summed E-state index contributed by atoms with van der Waals surface area (Å²) < 4.78 is 3.50. The molecular formula is C12H17N5O. The molecule has 6 nitrogen and oxygen atoms in total. The molecule has 0 amide bonds. The van der Waals surface area contributed by atoms with Gasteiger partial charge in [-0.25, -0.2) is 14.6 Å². The zero-order valence-electron chi connectivity index (χ0n) is 10.9. The second kappa shape index (κ2) is 5.12. The summed E-state index contributed by atoms with van der Waals surface area (Å²) in [6.45, 7) is 4.97. The van der Waals surface area contributed by atoms with Crippen molar-refractivity contribution in [2.45, 2.75) is 26.8 Å². The highest BCUT2D eigenvalue weighted by molar-refractivity contribution is 5.93. The van der Waals surface area contributed by atoms with E-state index in [4.69, 9.17) is 0 Å². The summed E-state index contributed by atoms with van der Waals surface area (Å²) in [4.78, 5) is 20.3. The molecule has 0 radical (unpaired) electrons. The fraction of sp³-hybridized carbons (Fsp3) is 0.500. The highest BCUT2D eigenvalue weighted by Gasteiger charge is 2.15. The van der Waals surface area contributed by atoms with E-state index >= 15 is 0 Å². The van der Waals surface area contributed by atoms with E-state index in [2.05, 4.69) is 28.9 Å². The number of Topliss-reactive ketones (excluding diaryl/α,β-unsaturated/α-hetero) is 1. The standard InChI is InChI=1S/C12H17N5O/c1-9(2)7-17-11(14-8-15-17)6-10(18)12-13-4-5-16(12)3/h4-5,8-9H,6-7H2,1-3H3. The van der Waals surface area contributed by atoms with Gasteiger partial charge in [0.15, 0.2) is 5.82 Å². The number of aryl methyl sites for hydroxylation is 1. The van der Waals surface area contributed by atoms with Crippen molar-refractivity contribution in [1.82, 2.24) is 24.3 Å². The third kappa shape index (κ3) is 2.64. The molecule has 0 atom stereocenters. The van der Waals surface area contributed by atoms with E-state index in [0.717, 1.165) is 6.54 Å². The summed E-state index contributed by atoms with van der Waals surface area (Å²) in [5, 5.41) is 4.14. The lowest BCUT2D eigenvalue weighted by atomic mass is 10.2. The molecule has 0 aromatic carbocycles. The van der Waals surface area contributed by atoms with Crippen molar-refractivity contribution < 1.29 is 4.79 Å². The highest BCUT2D eigenvalue weighted by Crippen LogP contribution is 2.05. The molecular weight excluding hydrogens is 230 g/mol. The Labute approximate surface area is 106 Å². The maximum atomic E-state index is 12.1. The van der Waals surface area contributed by atoms with Crippen LogP contribution in [0.1, 0.15) is 30.3 Å². The van der Waals surface area contributed by atoms with E-state index in [0.29, 0.717) is 17.6 Å². The Morgan fingerprint density at radius 1 is 1.39 bits per heavy atom. The fourth-order valence-electron chi connectivity index (χ4n) is 1.78. The molecule has 2 rings (SSSR count). The maximum Gasteiger partial charge on any atom is 0.205 e. The second-order valence-electron chi connectivity index (χ2n) is 4.71. The van der Waals surface area contributed by atoms with E-state index in [1.54, 1.807) is 28.7 Å². The van der Waals surface area contributed by atoms with Crippen molar-refractivity contribution in [2.24, 2.45) is 13.0 Å². The molecule has 96 valence electrons. The molecule has 18 heavy (non-hydrogen) atoms. The second-order valence-corrected chi connectivity index (χ2v) is 4.71. The topological polar surface area (TPSA) is 65.6 Å². The molecule has 0 unspecified atom stereocenters. The number of carbonyl (C=O) groups excluding carboxylic acids is 1. The number of nitrogens with zero attached hydrogens (tertiary/aromatic N) is 5. The van der Waals surface area contributed by atoms with Crippen LogP contribution >= 0.6 is 0 Å². The summed E-state index contributed by atoms with van der Waals surface area (Å²) in [6.07, 6.45) is 5.10. The van der Waals surface area contributed by atoms with Gasteiger partial charge in [0, 0.05) is 26.0 Å². The van der Waals surface area contributed by atoms with Crippen molar-refractivity contribution >= 4 is 5.78 Å². The first-order valence-corrected chi connectivity index (χ1v) is 5.95. The zero-order chi connectivity index (χ0) is 13.1. The maximum absolute atomic E-state index is 12.1. The third-order valence-corrected chi connectivity index (χ3v) is 2.62. The van der Waals surface area contributed by atoms with Gasteiger partial charge in [-0.3, -0.25) is 4.79 Å². The summed E-state index contributed by atoms with van der Waals surface area (Å²) in [7, 11) is 1.80. The van der Waals surface area contributed by atoms with Crippen LogP contribution in [0.25, 0.3) is 0 Å². The molecule has 0 spiro atoms. The van der Waals surface area contributed by atoms with E-state index < -0.39 is 0 Å². The monoisotopic (exact) mass is 247 g/mol. The first-order chi connectivity index (χ1) is 8.58. The van der Waals surface area contributed by atoms with Gasteiger partial charge in [-0.15, -0.1) is 0 Å². The molecule has 2 heterocycles. The fourth-order valence-corrected chi connectivity index (χ4v) is 1.78. The molecule has 2 aromatic rings. The van der Waals surface area contributed by atoms with Crippen LogP contribution in [0.15, 0.2) is 18.7 Å². The average Bonchev–Trinajstić information content (AvgIpc) is 2.88. The minimum Gasteiger partial charge on any atom is -0.332 e. The summed E-state index contributed by atoms with van der Waals surface area (Å²) >= 11 is 0. The minimum absolute atomic E-state index is 0.0412. The Kier molecular flexibility index (Phi) is 3.55. The molecule has 0 aliphatic carbocycles. The van der Waals surface area contributed by atoms with Crippen LogP contribution in [0.5, 0.6) is 0 Å². The molecule has 0 saturated heterocycles. The van der Waals surface area contributed by atoms with E-state index in [1.807, 2.05) is 0 Å². The molecule has 0 aliphatic heterocycles. The molecule has 6 heteroatoms. The van der Waals surface area contributed by atoms with Crippen molar-refractivity contribution in [1.29, 1.82) is 0 Å². The van der Waals surface area contributed by atoms with Crippen LogP contribution in [0.3, 0.4) is 0 Å². The molecule has 0 N–H and O–H groups in total. The molecule has 2 aromatic heterocycles. The Morgan fingerprint density at radius 2 is 2.17 bits per heavy atom. The van der Waals surface area contributed by atoms with Crippen LogP contribution in [-0.4, -0.2) is 30.1 Å². The van der Waals surface area contributed by atoms with Crippen LogP contribution in [0.4, 0.5) is 0 Å². The predicted octanol–water partition coefficient (Wildman–Crippen LogP) is 1.09. The molecule has 0 saturated carbocycles. The van der Waals surface area contributed by atoms with Crippen molar-refractivity contribution in [2.75, 3.05) is 0 Å².